The van der Waals surface area contributed by atoms with E-state index >= 15 is 0 Å². The third kappa shape index (κ3) is 3.82. The second-order valence-electron chi connectivity index (χ2n) is 8.19. The number of nitrogens with zero attached hydrogens (tertiary/aromatic N) is 1. The van der Waals surface area contributed by atoms with Gasteiger partial charge in [0.25, 0.3) is 5.91 Å². The minimum atomic E-state index is -0.568. The molecule has 4 rings (SSSR count). The molecule has 1 saturated carbocycles. The van der Waals surface area contributed by atoms with Crippen molar-refractivity contribution in [2.75, 3.05) is 0 Å². The first-order valence-electron chi connectivity index (χ1n) is 10.3. The summed E-state index contributed by atoms with van der Waals surface area (Å²) in [5, 5.41) is 5.99. The van der Waals surface area contributed by atoms with Crippen LogP contribution in [0.15, 0.2) is 18.2 Å². The highest BCUT2D eigenvalue weighted by Crippen LogP contribution is 2.30. The van der Waals surface area contributed by atoms with Gasteiger partial charge in [0.2, 0.25) is 11.8 Å². The van der Waals surface area contributed by atoms with Crippen LogP contribution < -0.4 is 16.4 Å². The van der Waals surface area contributed by atoms with E-state index in [2.05, 4.69) is 16.7 Å². The van der Waals surface area contributed by atoms with Crippen molar-refractivity contribution < 1.29 is 14.4 Å². The Morgan fingerprint density at radius 1 is 1.11 bits per heavy atom. The van der Waals surface area contributed by atoms with Crippen LogP contribution in [0.2, 0.25) is 0 Å². The zero-order valence-electron chi connectivity index (χ0n) is 16.1. The zero-order chi connectivity index (χ0) is 19.7. The summed E-state index contributed by atoms with van der Waals surface area (Å²) in [7, 11) is 0. The molecule has 1 aromatic rings. The summed E-state index contributed by atoms with van der Waals surface area (Å²) in [5.41, 5.74) is 8.85. The number of amides is 3. The van der Waals surface area contributed by atoms with Crippen LogP contribution in [0.1, 0.15) is 66.4 Å². The van der Waals surface area contributed by atoms with Gasteiger partial charge in [0.1, 0.15) is 6.04 Å². The highest BCUT2D eigenvalue weighted by Gasteiger charge is 2.39. The van der Waals surface area contributed by atoms with Gasteiger partial charge in [0.05, 0.1) is 0 Å². The van der Waals surface area contributed by atoms with Crippen molar-refractivity contribution in [3.05, 3.63) is 34.9 Å². The van der Waals surface area contributed by atoms with E-state index in [1.165, 1.54) is 0 Å². The van der Waals surface area contributed by atoms with Crippen LogP contribution in [-0.2, 0) is 22.7 Å². The highest BCUT2D eigenvalue weighted by molar-refractivity contribution is 6.05. The summed E-state index contributed by atoms with van der Waals surface area (Å²) in [6, 6.07) is 5.99. The number of piperidine rings is 1. The van der Waals surface area contributed by atoms with Gasteiger partial charge in [0, 0.05) is 37.2 Å². The SMILES string of the molecule is NC1CCCC(NCc2cccc3c2CN(C2CCC(=O)NC2=O)C3=O)CC1. The third-order valence-electron chi connectivity index (χ3n) is 6.27. The Labute approximate surface area is 165 Å². The van der Waals surface area contributed by atoms with E-state index in [0.717, 1.165) is 43.2 Å². The monoisotopic (exact) mass is 384 g/mol. The number of hydrogen-bond donors (Lipinski definition) is 3. The summed E-state index contributed by atoms with van der Waals surface area (Å²) >= 11 is 0. The van der Waals surface area contributed by atoms with Crippen molar-refractivity contribution in [1.29, 1.82) is 0 Å². The molecule has 1 saturated heterocycles. The Hall–Kier alpha value is -2.25. The van der Waals surface area contributed by atoms with Crippen molar-refractivity contribution in [2.45, 2.75) is 76.2 Å². The Kier molecular flexibility index (Phi) is 5.46. The van der Waals surface area contributed by atoms with E-state index in [9.17, 15) is 14.4 Å². The Morgan fingerprint density at radius 3 is 2.79 bits per heavy atom. The Morgan fingerprint density at radius 2 is 1.96 bits per heavy atom. The van der Waals surface area contributed by atoms with Crippen LogP contribution in [0, 0.1) is 0 Å². The maximum atomic E-state index is 12.9. The number of imide groups is 1. The molecule has 3 atom stereocenters. The van der Waals surface area contributed by atoms with Gasteiger partial charge in [-0.25, -0.2) is 0 Å². The van der Waals surface area contributed by atoms with Crippen LogP contribution in [0.5, 0.6) is 0 Å². The second kappa shape index (κ2) is 8.01. The number of carbonyl (C=O) groups is 3. The number of nitrogens with two attached hydrogens (primary N) is 1. The average Bonchev–Trinajstić information content (AvgIpc) is 2.86. The van der Waals surface area contributed by atoms with Gasteiger partial charge in [-0.3, -0.25) is 19.7 Å². The van der Waals surface area contributed by atoms with Gasteiger partial charge in [-0.2, -0.15) is 0 Å². The molecule has 3 unspecified atom stereocenters. The lowest BCUT2D eigenvalue weighted by atomic mass is 10.0. The lowest BCUT2D eigenvalue weighted by molar-refractivity contribution is -0.136. The number of nitrogens with one attached hydrogen (secondary N) is 2. The summed E-state index contributed by atoms with van der Waals surface area (Å²) in [5.74, 6) is -0.753. The molecular formula is C21H28N4O3. The van der Waals surface area contributed by atoms with Crippen molar-refractivity contribution in [1.82, 2.24) is 15.5 Å². The van der Waals surface area contributed by atoms with Crippen LogP contribution in [0.4, 0.5) is 0 Å². The number of hydrogen-bond acceptors (Lipinski definition) is 5. The molecule has 4 N–H and O–H groups in total. The molecular weight excluding hydrogens is 356 g/mol. The molecule has 2 aliphatic heterocycles. The van der Waals surface area contributed by atoms with Crippen LogP contribution in [0.25, 0.3) is 0 Å². The van der Waals surface area contributed by atoms with E-state index in [4.69, 9.17) is 5.73 Å². The third-order valence-corrected chi connectivity index (χ3v) is 6.27. The van der Waals surface area contributed by atoms with Gasteiger partial charge in [-0.15, -0.1) is 0 Å². The van der Waals surface area contributed by atoms with Gasteiger partial charge in [-0.1, -0.05) is 18.6 Å². The molecule has 2 heterocycles. The van der Waals surface area contributed by atoms with E-state index in [1.807, 2.05) is 12.1 Å². The van der Waals surface area contributed by atoms with Gasteiger partial charge < -0.3 is 16.0 Å². The maximum Gasteiger partial charge on any atom is 0.255 e. The van der Waals surface area contributed by atoms with E-state index in [0.29, 0.717) is 37.2 Å². The van der Waals surface area contributed by atoms with Gasteiger partial charge in [-0.05, 0) is 49.3 Å². The van der Waals surface area contributed by atoms with Crippen molar-refractivity contribution >= 4 is 17.7 Å². The van der Waals surface area contributed by atoms with E-state index in [1.54, 1.807) is 4.90 Å². The zero-order valence-corrected chi connectivity index (χ0v) is 16.1. The smallest absolute Gasteiger partial charge is 0.255 e. The number of benzene rings is 1. The molecule has 0 aromatic heterocycles. The lowest BCUT2D eigenvalue weighted by Gasteiger charge is -2.29. The Balaban J connectivity index is 1.45. The summed E-state index contributed by atoms with van der Waals surface area (Å²) in [6.45, 7) is 1.13. The quantitative estimate of drug-likeness (QED) is 0.534. The van der Waals surface area contributed by atoms with Crippen molar-refractivity contribution in [3.8, 4) is 0 Å². The largest absolute Gasteiger partial charge is 0.328 e. The first-order chi connectivity index (χ1) is 13.5. The summed E-state index contributed by atoms with van der Waals surface area (Å²) in [4.78, 5) is 38.1. The Bertz CT molecular complexity index is 794. The number of rotatable bonds is 4. The van der Waals surface area contributed by atoms with Crippen LogP contribution >= 0.6 is 0 Å². The molecule has 0 spiro atoms. The summed E-state index contributed by atoms with van der Waals surface area (Å²) in [6.07, 6.45) is 6.16. The van der Waals surface area contributed by atoms with Crippen LogP contribution in [0.3, 0.4) is 0 Å². The fourth-order valence-electron chi connectivity index (χ4n) is 4.60. The normalized spacial score (nSPS) is 28.1. The fraction of sp³-hybridized carbons (Fsp3) is 0.571. The topological polar surface area (TPSA) is 105 Å². The minimum Gasteiger partial charge on any atom is -0.328 e. The lowest BCUT2D eigenvalue weighted by Crippen LogP contribution is -2.52. The predicted octanol–water partition coefficient (Wildman–Crippen LogP) is 1.20. The molecule has 2 fully saturated rings. The highest BCUT2D eigenvalue weighted by atomic mass is 16.2. The van der Waals surface area contributed by atoms with Crippen molar-refractivity contribution in [3.63, 3.8) is 0 Å². The van der Waals surface area contributed by atoms with Gasteiger partial charge >= 0.3 is 0 Å². The summed E-state index contributed by atoms with van der Waals surface area (Å²) < 4.78 is 0. The molecule has 150 valence electrons. The first-order valence-corrected chi connectivity index (χ1v) is 10.3. The van der Waals surface area contributed by atoms with Gasteiger partial charge in [0.15, 0.2) is 0 Å². The molecule has 28 heavy (non-hydrogen) atoms. The molecule has 7 nitrogen and oxygen atoms in total. The molecule has 3 amide bonds. The maximum absolute atomic E-state index is 12.9. The molecule has 0 radical (unpaired) electrons. The molecule has 3 aliphatic rings. The molecule has 1 aromatic carbocycles. The predicted molar refractivity (Wildman–Crippen MR) is 104 cm³/mol. The number of fused-ring (bicyclic) bond motifs is 1. The first kappa shape index (κ1) is 19.1. The molecule has 7 heteroatoms. The van der Waals surface area contributed by atoms with E-state index < -0.39 is 6.04 Å². The van der Waals surface area contributed by atoms with Crippen LogP contribution in [-0.4, -0.2) is 40.7 Å². The molecule has 0 bridgehead atoms. The van der Waals surface area contributed by atoms with E-state index in [-0.39, 0.29) is 24.1 Å². The second-order valence-corrected chi connectivity index (χ2v) is 8.19. The van der Waals surface area contributed by atoms with Crippen molar-refractivity contribution in [2.24, 2.45) is 5.73 Å². The minimum absolute atomic E-state index is 0.119. The fourth-order valence-corrected chi connectivity index (χ4v) is 4.60. The average molecular weight is 384 g/mol. The molecule has 1 aliphatic carbocycles. The number of carbonyl (C=O) groups excluding carboxylic acids is 3. The standard InChI is InChI=1S/C21H28N4O3/c22-14-4-2-5-15(8-7-14)23-11-13-3-1-6-16-17(13)12-25(21(16)28)18-9-10-19(26)24-20(18)27/h1,3,6,14-15,18,23H,2,4-5,7-12,22H2,(H,24,26,27).